The number of carbonyl (C=O) groups is 1. The highest BCUT2D eigenvalue weighted by molar-refractivity contribution is 7.71. The summed E-state index contributed by atoms with van der Waals surface area (Å²) in [6.45, 7) is 4.12. The van der Waals surface area contributed by atoms with Crippen molar-refractivity contribution in [1.29, 1.82) is 0 Å². The highest BCUT2D eigenvalue weighted by Crippen LogP contribution is 2.20. The minimum atomic E-state index is 0.0428. The largest absolute Gasteiger partial charge is 0.339 e. The average molecular weight is 429 g/mol. The smallest absolute Gasteiger partial charge is 0.242 e. The highest BCUT2D eigenvalue weighted by Gasteiger charge is 2.22. The zero-order valence-corrected chi connectivity index (χ0v) is 17.4. The van der Waals surface area contributed by atoms with Crippen LogP contribution in [0, 0.1) is 4.77 Å². The third kappa shape index (κ3) is 4.72. The van der Waals surface area contributed by atoms with Gasteiger partial charge in [0.2, 0.25) is 5.91 Å². The van der Waals surface area contributed by atoms with E-state index in [0.717, 1.165) is 25.2 Å². The van der Waals surface area contributed by atoms with E-state index < -0.39 is 0 Å². The van der Waals surface area contributed by atoms with Crippen LogP contribution in [0.4, 0.5) is 0 Å². The number of hydrogen-bond donors (Lipinski definition) is 1. The van der Waals surface area contributed by atoms with Crippen molar-refractivity contribution < 1.29 is 4.79 Å². The number of halogens is 1. The Balaban J connectivity index is 1.39. The van der Waals surface area contributed by atoms with Gasteiger partial charge in [-0.2, -0.15) is 5.10 Å². The first-order valence-electron chi connectivity index (χ1n) is 9.40. The molecule has 29 heavy (non-hydrogen) atoms. The van der Waals surface area contributed by atoms with Crippen molar-refractivity contribution in [3.05, 3.63) is 64.1 Å². The van der Waals surface area contributed by atoms with Gasteiger partial charge in [-0.3, -0.25) is 24.3 Å². The van der Waals surface area contributed by atoms with E-state index in [0.29, 0.717) is 28.7 Å². The minimum Gasteiger partial charge on any atom is -0.339 e. The first-order valence-corrected chi connectivity index (χ1v) is 10.2. The number of nitrogens with zero attached hydrogens (tertiary/aromatic N) is 5. The molecule has 9 heteroatoms. The molecular weight excluding hydrogens is 408 g/mol. The number of rotatable bonds is 5. The van der Waals surface area contributed by atoms with Crippen LogP contribution >= 0.6 is 23.8 Å². The molecule has 1 aromatic carbocycles. The lowest BCUT2D eigenvalue weighted by atomic mass is 10.2. The molecule has 1 aliphatic rings. The minimum absolute atomic E-state index is 0.0428. The van der Waals surface area contributed by atoms with E-state index in [2.05, 4.69) is 20.1 Å². The topological polar surface area (TPSA) is 70.1 Å². The number of nitrogens with one attached hydrogen (secondary N) is 1. The van der Waals surface area contributed by atoms with Gasteiger partial charge in [0.1, 0.15) is 6.54 Å². The second kappa shape index (κ2) is 8.86. The van der Waals surface area contributed by atoms with E-state index in [1.165, 1.54) is 5.56 Å². The lowest BCUT2D eigenvalue weighted by Gasteiger charge is -2.34. The molecule has 7 nitrogen and oxygen atoms in total. The van der Waals surface area contributed by atoms with E-state index in [1.54, 1.807) is 16.7 Å². The molecule has 1 saturated heterocycles. The van der Waals surface area contributed by atoms with Gasteiger partial charge < -0.3 is 4.90 Å². The summed E-state index contributed by atoms with van der Waals surface area (Å²) < 4.78 is 2.17. The molecule has 0 spiro atoms. The predicted octanol–water partition coefficient (Wildman–Crippen LogP) is 3.00. The molecule has 1 fully saturated rings. The molecule has 3 aromatic rings. The van der Waals surface area contributed by atoms with Crippen LogP contribution in [0.2, 0.25) is 5.02 Å². The number of H-pyrrole nitrogens is 1. The predicted molar refractivity (Wildman–Crippen MR) is 114 cm³/mol. The molecule has 2 aromatic heterocycles. The second-order valence-corrected chi connectivity index (χ2v) is 7.78. The number of aromatic amines is 1. The molecule has 0 aliphatic carbocycles. The highest BCUT2D eigenvalue weighted by atomic mass is 35.5. The van der Waals surface area contributed by atoms with E-state index in [-0.39, 0.29) is 12.5 Å². The summed E-state index contributed by atoms with van der Waals surface area (Å²) in [5.74, 6) is 0.678. The quantitative estimate of drug-likeness (QED) is 0.632. The summed E-state index contributed by atoms with van der Waals surface area (Å²) in [6.07, 6.45) is 3.61. The van der Waals surface area contributed by atoms with Gasteiger partial charge in [-0.15, -0.1) is 0 Å². The Bertz CT molecular complexity index is 1030. The van der Waals surface area contributed by atoms with Gasteiger partial charge in [-0.25, -0.2) is 0 Å². The monoisotopic (exact) mass is 428 g/mol. The van der Waals surface area contributed by atoms with Crippen LogP contribution in [0.5, 0.6) is 0 Å². The Morgan fingerprint density at radius 3 is 2.45 bits per heavy atom. The zero-order valence-electron chi connectivity index (χ0n) is 15.8. The number of benzene rings is 1. The lowest BCUT2D eigenvalue weighted by Crippen LogP contribution is -2.49. The zero-order chi connectivity index (χ0) is 20.2. The van der Waals surface area contributed by atoms with Gasteiger partial charge >= 0.3 is 0 Å². The van der Waals surface area contributed by atoms with Gasteiger partial charge in [-0.1, -0.05) is 11.6 Å². The lowest BCUT2D eigenvalue weighted by molar-refractivity contribution is -0.133. The van der Waals surface area contributed by atoms with Crippen molar-refractivity contribution in [2.24, 2.45) is 0 Å². The summed E-state index contributed by atoms with van der Waals surface area (Å²) in [5.41, 5.74) is 2.09. The van der Waals surface area contributed by atoms with Gasteiger partial charge in [0.15, 0.2) is 10.6 Å². The fourth-order valence-corrected chi connectivity index (χ4v) is 3.74. The first-order chi connectivity index (χ1) is 14.1. The summed E-state index contributed by atoms with van der Waals surface area (Å²) in [6, 6.07) is 11.4. The van der Waals surface area contributed by atoms with Crippen LogP contribution in [-0.2, 0) is 17.9 Å². The number of piperazine rings is 1. The van der Waals surface area contributed by atoms with Crippen LogP contribution in [0.1, 0.15) is 5.56 Å². The molecule has 4 rings (SSSR count). The van der Waals surface area contributed by atoms with Crippen LogP contribution in [0.15, 0.2) is 48.8 Å². The summed E-state index contributed by atoms with van der Waals surface area (Å²) in [4.78, 5) is 21.2. The molecule has 1 aliphatic heterocycles. The van der Waals surface area contributed by atoms with Gasteiger partial charge in [0, 0.05) is 55.7 Å². The third-order valence-electron chi connectivity index (χ3n) is 5.03. The Hall–Kier alpha value is -2.55. The number of hydrogen-bond acceptors (Lipinski definition) is 5. The average Bonchev–Trinajstić information content (AvgIpc) is 3.10. The number of aromatic nitrogens is 4. The Morgan fingerprint density at radius 1 is 1.07 bits per heavy atom. The molecule has 0 unspecified atom stereocenters. The van der Waals surface area contributed by atoms with Crippen molar-refractivity contribution in [1.82, 2.24) is 29.5 Å². The van der Waals surface area contributed by atoms with E-state index >= 15 is 0 Å². The molecular formula is C20H21ClN6OS. The van der Waals surface area contributed by atoms with E-state index in [9.17, 15) is 4.79 Å². The standard InChI is InChI=1S/C20H21ClN6OS/c21-17-3-1-16(2-4-17)19-23-24-20(29)27(19)14-18(28)26-11-9-25(10-12-26)13-15-5-7-22-8-6-15/h1-8H,9-14H2,(H,24,29). The van der Waals surface area contributed by atoms with Crippen LogP contribution in [0.3, 0.4) is 0 Å². The fraction of sp³-hybridized carbons (Fsp3) is 0.300. The molecule has 0 atom stereocenters. The first kappa shape index (κ1) is 19.8. The van der Waals surface area contributed by atoms with Gasteiger partial charge in [-0.05, 0) is 54.2 Å². The molecule has 0 radical (unpaired) electrons. The molecule has 1 N–H and O–H groups in total. The maximum Gasteiger partial charge on any atom is 0.242 e. The summed E-state index contributed by atoms with van der Waals surface area (Å²) in [7, 11) is 0. The summed E-state index contributed by atoms with van der Waals surface area (Å²) in [5, 5.41) is 7.73. The summed E-state index contributed by atoms with van der Waals surface area (Å²) >= 11 is 11.3. The molecule has 0 bridgehead atoms. The van der Waals surface area contributed by atoms with Gasteiger partial charge in [0.05, 0.1) is 0 Å². The van der Waals surface area contributed by atoms with E-state index in [4.69, 9.17) is 23.8 Å². The Labute approximate surface area is 178 Å². The van der Waals surface area contributed by atoms with Crippen LogP contribution in [0.25, 0.3) is 11.4 Å². The molecule has 0 saturated carbocycles. The van der Waals surface area contributed by atoms with Crippen molar-refractivity contribution in [2.45, 2.75) is 13.1 Å². The Morgan fingerprint density at radius 2 is 1.76 bits per heavy atom. The van der Waals surface area contributed by atoms with Crippen molar-refractivity contribution in [3.63, 3.8) is 0 Å². The Kier molecular flexibility index (Phi) is 6.03. The fourth-order valence-electron chi connectivity index (χ4n) is 3.42. The van der Waals surface area contributed by atoms with Crippen LogP contribution in [-0.4, -0.2) is 61.6 Å². The van der Waals surface area contributed by atoms with E-state index in [1.807, 2.05) is 41.6 Å². The second-order valence-electron chi connectivity index (χ2n) is 6.96. The molecule has 1 amide bonds. The van der Waals surface area contributed by atoms with Gasteiger partial charge in [0.25, 0.3) is 0 Å². The maximum atomic E-state index is 12.9. The van der Waals surface area contributed by atoms with Crippen molar-refractivity contribution in [3.8, 4) is 11.4 Å². The molecule has 150 valence electrons. The van der Waals surface area contributed by atoms with Crippen molar-refractivity contribution >= 4 is 29.7 Å². The number of amides is 1. The SMILES string of the molecule is O=C(Cn1c(-c2ccc(Cl)cc2)n[nH]c1=S)N1CCN(Cc2ccncc2)CC1. The number of carbonyl (C=O) groups excluding carboxylic acids is 1. The molecule has 3 heterocycles. The number of pyridine rings is 1. The van der Waals surface area contributed by atoms with Crippen LogP contribution < -0.4 is 0 Å². The van der Waals surface area contributed by atoms with Crippen molar-refractivity contribution in [2.75, 3.05) is 26.2 Å². The normalized spacial score (nSPS) is 14.9. The third-order valence-corrected chi connectivity index (χ3v) is 5.60. The maximum absolute atomic E-state index is 12.9.